The van der Waals surface area contributed by atoms with Crippen LogP contribution in [0.4, 0.5) is 10.9 Å². The third-order valence-corrected chi connectivity index (χ3v) is 3.18. The highest BCUT2D eigenvalue weighted by molar-refractivity contribution is 7.18. The molecule has 0 aliphatic rings. The Hall–Kier alpha value is -1.34. The van der Waals surface area contributed by atoms with Crippen molar-refractivity contribution in [2.75, 3.05) is 37.8 Å². The van der Waals surface area contributed by atoms with E-state index in [-0.39, 0.29) is 18.3 Å². The number of hydrogen-bond acceptors (Lipinski definition) is 6. The zero-order valence-electron chi connectivity index (χ0n) is 9.36. The zero-order chi connectivity index (χ0) is 12.1. The summed E-state index contributed by atoms with van der Waals surface area (Å²) in [6.07, 6.45) is 0. The second-order valence-corrected chi connectivity index (χ2v) is 4.09. The lowest BCUT2D eigenvalue weighted by Gasteiger charge is -2.18. The van der Waals surface area contributed by atoms with E-state index >= 15 is 0 Å². The Balaban J connectivity index is 2.89. The van der Waals surface area contributed by atoms with Gasteiger partial charge in [-0.1, -0.05) is 11.3 Å². The van der Waals surface area contributed by atoms with Gasteiger partial charge in [-0.15, -0.1) is 0 Å². The van der Waals surface area contributed by atoms with Crippen molar-refractivity contribution in [3.8, 4) is 0 Å². The lowest BCUT2D eigenvalue weighted by Crippen LogP contribution is -2.33. The Bertz CT molecular complexity index is 366. The summed E-state index contributed by atoms with van der Waals surface area (Å²) >= 11 is 1.22. The number of carbonyl (C=O) groups is 1. The van der Waals surface area contributed by atoms with Gasteiger partial charge in [-0.3, -0.25) is 4.79 Å². The molecule has 0 spiro atoms. The molecule has 0 bridgehead atoms. The predicted octanol–water partition coefficient (Wildman–Crippen LogP) is 0.221. The first-order valence-electron chi connectivity index (χ1n) is 4.98. The maximum absolute atomic E-state index is 12.0. The molecule has 1 aromatic rings. The van der Waals surface area contributed by atoms with Crippen LogP contribution in [0.2, 0.25) is 0 Å². The first kappa shape index (κ1) is 12.7. The molecule has 4 N–H and O–H groups in total. The number of anilines is 2. The number of nitrogens with one attached hydrogen (secondary N) is 1. The molecule has 0 saturated heterocycles. The summed E-state index contributed by atoms with van der Waals surface area (Å²) in [5.74, 6) is 0.0452. The van der Waals surface area contributed by atoms with Crippen LogP contribution in [0, 0.1) is 0 Å². The number of aromatic nitrogens is 1. The van der Waals surface area contributed by atoms with E-state index in [4.69, 9.17) is 10.8 Å². The van der Waals surface area contributed by atoms with Gasteiger partial charge >= 0.3 is 0 Å². The predicted molar refractivity (Wildman–Crippen MR) is 64.7 cm³/mol. The average Bonchev–Trinajstić information content (AvgIpc) is 2.66. The fraction of sp³-hybridized carbons (Fsp3) is 0.556. The molecule has 0 radical (unpaired) electrons. The number of aliphatic hydroxyl groups is 1. The monoisotopic (exact) mass is 244 g/mol. The van der Waals surface area contributed by atoms with E-state index in [1.165, 1.54) is 16.2 Å². The number of nitrogens with two attached hydrogens (primary N) is 1. The molecule has 0 atom stereocenters. The summed E-state index contributed by atoms with van der Waals surface area (Å²) < 4.78 is 0. The third-order valence-electron chi connectivity index (χ3n) is 2.10. The summed E-state index contributed by atoms with van der Waals surface area (Å²) in [6, 6.07) is 0. The molecule has 0 unspecified atom stereocenters. The molecule has 1 amide bonds. The van der Waals surface area contributed by atoms with Crippen molar-refractivity contribution in [1.82, 2.24) is 9.88 Å². The summed E-state index contributed by atoms with van der Waals surface area (Å²) in [6.45, 7) is 2.63. The average molecular weight is 244 g/mol. The molecule has 16 heavy (non-hydrogen) atoms. The Morgan fingerprint density at radius 2 is 2.38 bits per heavy atom. The van der Waals surface area contributed by atoms with Crippen LogP contribution in [0.1, 0.15) is 16.6 Å². The summed E-state index contributed by atoms with van der Waals surface area (Å²) in [7, 11) is 1.72. The number of nitrogens with zero attached hydrogens (tertiary/aromatic N) is 2. The van der Waals surface area contributed by atoms with E-state index in [0.29, 0.717) is 23.1 Å². The molecule has 90 valence electrons. The fourth-order valence-electron chi connectivity index (χ4n) is 1.26. The highest BCUT2D eigenvalue weighted by Crippen LogP contribution is 2.25. The Kier molecular flexibility index (Phi) is 4.51. The number of nitrogen functional groups attached to an aromatic ring is 1. The van der Waals surface area contributed by atoms with E-state index < -0.39 is 0 Å². The summed E-state index contributed by atoms with van der Waals surface area (Å²) in [5.41, 5.74) is 5.66. The molecule has 0 aliphatic carbocycles. The lowest BCUT2D eigenvalue weighted by atomic mass is 10.4. The summed E-state index contributed by atoms with van der Waals surface area (Å²) in [5, 5.41) is 12.3. The van der Waals surface area contributed by atoms with Crippen molar-refractivity contribution < 1.29 is 9.90 Å². The van der Waals surface area contributed by atoms with Crippen LogP contribution in [0.3, 0.4) is 0 Å². The van der Waals surface area contributed by atoms with Gasteiger partial charge in [-0.05, 0) is 6.92 Å². The molecule has 0 saturated carbocycles. The molecule has 1 heterocycles. The van der Waals surface area contributed by atoms with Gasteiger partial charge in [0.2, 0.25) is 0 Å². The molecular weight excluding hydrogens is 228 g/mol. The van der Waals surface area contributed by atoms with Crippen LogP contribution >= 0.6 is 11.3 Å². The second kappa shape index (κ2) is 5.66. The molecular formula is C9H16N4O2S. The van der Waals surface area contributed by atoms with Gasteiger partial charge in [-0.2, -0.15) is 0 Å². The summed E-state index contributed by atoms with van der Waals surface area (Å²) in [4.78, 5) is 17.9. The highest BCUT2D eigenvalue weighted by Gasteiger charge is 2.20. The number of amides is 1. The molecule has 1 aromatic heterocycles. The SMILES string of the molecule is CCN(CCO)C(=O)c1sc(NC)nc1N. The Morgan fingerprint density at radius 3 is 2.81 bits per heavy atom. The van der Waals surface area contributed by atoms with Gasteiger partial charge in [0, 0.05) is 20.1 Å². The van der Waals surface area contributed by atoms with Crippen molar-refractivity contribution in [1.29, 1.82) is 0 Å². The Labute approximate surface area is 98.1 Å². The number of likely N-dealkylation sites (N-methyl/N-ethyl adjacent to an activating group) is 1. The van der Waals surface area contributed by atoms with Gasteiger partial charge in [-0.25, -0.2) is 4.98 Å². The first-order chi connectivity index (χ1) is 7.63. The molecule has 1 rings (SSSR count). The van der Waals surface area contributed by atoms with Crippen LogP contribution in [-0.4, -0.2) is 47.6 Å². The third kappa shape index (κ3) is 2.61. The zero-order valence-corrected chi connectivity index (χ0v) is 10.2. The minimum atomic E-state index is -0.187. The number of carbonyl (C=O) groups excluding carboxylic acids is 1. The van der Waals surface area contributed by atoms with E-state index in [1.807, 2.05) is 6.92 Å². The largest absolute Gasteiger partial charge is 0.395 e. The van der Waals surface area contributed by atoms with Crippen molar-refractivity contribution in [3.05, 3.63) is 4.88 Å². The second-order valence-electron chi connectivity index (χ2n) is 3.09. The van der Waals surface area contributed by atoms with E-state index in [9.17, 15) is 4.79 Å². The van der Waals surface area contributed by atoms with Gasteiger partial charge < -0.3 is 21.1 Å². The van der Waals surface area contributed by atoms with Crippen LogP contribution in [-0.2, 0) is 0 Å². The van der Waals surface area contributed by atoms with E-state index in [1.54, 1.807) is 7.05 Å². The van der Waals surface area contributed by atoms with Gasteiger partial charge in [0.25, 0.3) is 5.91 Å². The maximum Gasteiger partial charge on any atom is 0.267 e. The fourth-order valence-corrected chi connectivity index (χ4v) is 2.07. The number of rotatable bonds is 5. The number of hydrogen-bond donors (Lipinski definition) is 3. The Morgan fingerprint density at radius 1 is 1.69 bits per heavy atom. The van der Waals surface area contributed by atoms with Crippen LogP contribution in [0.15, 0.2) is 0 Å². The topological polar surface area (TPSA) is 91.5 Å². The minimum absolute atomic E-state index is 0.0584. The van der Waals surface area contributed by atoms with Crippen molar-refractivity contribution in [2.24, 2.45) is 0 Å². The van der Waals surface area contributed by atoms with Crippen LogP contribution < -0.4 is 11.1 Å². The standard InChI is InChI=1S/C9H16N4O2S/c1-3-13(4-5-14)8(15)6-7(10)12-9(11-2)16-6/h14H,3-5,10H2,1-2H3,(H,11,12). The number of aliphatic hydroxyl groups excluding tert-OH is 1. The molecule has 6 nitrogen and oxygen atoms in total. The van der Waals surface area contributed by atoms with Crippen molar-refractivity contribution >= 4 is 28.2 Å². The van der Waals surface area contributed by atoms with Crippen LogP contribution in [0.25, 0.3) is 0 Å². The molecule has 0 aromatic carbocycles. The van der Waals surface area contributed by atoms with Crippen molar-refractivity contribution in [3.63, 3.8) is 0 Å². The van der Waals surface area contributed by atoms with E-state index in [0.717, 1.165) is 0 Å². The minimum Gasteiger partial charge on any atom is -0.395 e. The van der Waals surface area contributed by atoms with E-state index in [2.05, 4.69) is 10.3 Å². The number of thiazole rings is 1. The van der Waals surface area contributed by atoms with Crippen LogP contribution in [0.5, 0.6) is 0 Å². The van der Waals surface area contributed by atoms with Crippen molar-refractivity contribution in [2.45, 2.75) is 6.92 Å². The molecule has 0 aliphatic heterocycles. The van der Waals surface area contributed by atoms with Gasteiger partial charge in [0.15, 0.2) is 5.13 Å². The molecule has 0 fully saturated rings. The quantitative estimate of drug-likeness (QED) is 0.689. The first-order valence-corrected chi connectivity index (χ1v) is 5.79. The molecule has 7 heteroatoms. The lowest BCUT2D eigenvalue weighted by molar-refractivity contribution is 0.0737. The smallest absolute Gasteiger partial charge is 0.267 e. The van der Waals surface area contributed by atoms with Gasteiger partial charge in [0.05, 0.1) is 6.61 Å². The normalized spacial score (nSPS) is 10.2. The van der Waals surface area contributed by atoms with Gasteiger partial charge in [0.1, 0.15) is 10.7 Å². The maximum atomic E-state index is 12.0. The highest BCUT2D eigenvalue weighted by atomic mass is 32.1.